The first kappa shape index (κ1) is 18.9. The Labute approximate surface area is 154 Å². The number of rotatable bonds is 5. The first-order valence-electron chi connectivity index (χ1n) is 7.73. The Morgan fingerprint density at radius 1 is 1.11 bits per heavy atom. The molecule has 2 aromatic carbocycles. The first-order chi connectivity index (χ1) is 12.7. The van der Waals surface area contributed by atoms with Crippen molar-refractivity contribution in [3.63, 3.8) is 0 Å². The number of aromatic nitrogens is 4. The molecule has 0 saturated carbocycles. The van der Waals surface area contributed by atoms with Crippen LogP contribution in [0.25, 0.3) is 11.4 Å². The summed E-state index contributed by atoms with van der Waals surface area (Å²) in [6.07, 6.45) is 0. The Balaban J connectivity index is 2.18. The van der Waals surface area contributed by atoms with Crippen LogP contribution in [0.5, 0.6) is 0 Å². The summed E-state index contributed by atoms with van der Waals surface area (Å²) < 4.78 is 53.4. The molecule has 0 aliphatic heterocycles. The van der Waals surface area contributed by atoms with E-state index in [1.807, 2.05) is 0 Å². The van der Waals surface area contributed by atoms with Gasteiger partial charge in [-0.15, -0.1) is 10.2 Å². The molecule has 0 saturated heterocycles. The van der Waals surface area contributed by atoms with Crippen LogP contribution in [-0.4, -0.2) is 42.7 Å². The fourth-order valence-corrected chi connectivity index (χ4v) is 3.25. The van der Waals surface area contributed by atoms with Gasteiger partial charge in [-0.2, -0.15) is 4.80 Å². The van der Waals surface area contributed by atoms with Crippen molar-refractivity contribution in [2.75, 3.05) is 19.0 Å². The van der Waals surface area contributed by atoms with Crippen LogP contribution >= 0.6 is 0 Å². The fourth-order valence-electron chi connectivity index (χ4n) is 2.50. The van der Waals surface area contributed by atoms with Gasteiger partial charge in [0.05, 0.1) is 17.6 Å². The predicted octanol–water partition coefficient (Wildman–Crippen LogP) is 1.83. The molecule has 0 atom stereocenters. The Bertz CT molecular complexity index is 1100. The highest BCUT2D eigenvalue weighted by Gasteiger charge is 2.20. The van der Waals surface area contributed by atoms with Crippen LogP contribution in [0.15, 0.2) is 41.3 Å². The average Bonchev–Trinajstić information content (AvgIpc) is 3.09. The molecule has 0 bridgehead atoms. The zero-order chi connectivity index (χ0) is 19.8. The lowest BCUT2D eigenvalue weighted by Crippen LogP contribution is -2.19. The molecule has 0 aliphatic rings. The molecule has 1 aromatic heterocycles. The second kappa shape index (κ2) is 7.00. The molecule has 142 valence electrons. The van der Waals surface area contributed by atoms with Gasteiger partial charge in [-0.05, 0) is 42.6 Å². The molecular formula is C16H16F2N6O2S. The van der Waals surface area contributed by atoms with Gasteiger partial charge < -0.3 is 4.90 Å². The van der Waals surface area contributed by atoms with E-state index in [4.69, 9.17) is 0 Å². The minimum Gasteiger partial charge on any atom is -0.344 e. The molecule has 11 heteroatoms. The van der Waals surface area contributed by atoms with Gasteiger partial charge >= 0.3 is 0 Å². The van der Waals surface area contributed by atoms with Gasteiger partial charge in [-0.25, -0.2) is 21.9 Å². The van der Waals surface area contributed by atoms with E-state index >= 15 is 0 Å². The molecule has 0 aliphatic carbocycles. The van der Waals surface area contributed by atoms with Crippen molar-refractivity contribution in [2.45, 2.75) is 4.90 Å². The van der Waals surface area contributed by atoms with E-state index in [1.54, 1.807) is 19.0 Å². The highest BCUT2D eigenvalue weighted by atomic mass is 32.2. The van der Waals surface area contributed by atoms with Crippen LogP contribution < -0.4 is 9.62 Å². The van der Waals surface area contributed by atoms with Crippen molar-refractivity contribution in [1.29, 1.82) is 0 Å². The summed E-state index contributed by atoms with van der Waals surface area (Å²) in [5.74, 6) is -1.76. The second-order valence-corrected chi connectivity index (χ2v) is 7.53. The van der Waals surface area contributed by atoms with Crippen molar-refractivity contribution in [3.8, 4) is 11.4 Å². The maximum atomic E-state index is 13.6. The summed E-state index contributed by atoms with van der Waals surface area (Å²) in [6.45, 7) is 0. The molecule has 0 unspecified atom stereocenters. The van der Waals surface area contributed by atoms with Crippen molar-refractivity contribution < 1.29 is 17.2 Å². The van der Waals surface area contributed by atoms with Crippen LogP contribution in [0.1, 0.15) is 0 Å². The van der Waals surface area contributed by atoms with Gasteiger partial charge in [0.2, 0.25) is 15.8 Å². The molecule has 0 radical (unpaired) electrons. The molecule has 0 spiro atoms. The molecule has 1 heterocycles. The standard InChI is InChI=1S/C16H16F2N6O2S/c1-19-27(25,26)11-5-7-15(12(9-11)16-20-22-24(3)21-16)23(2)10-4-6-13(17)14(18)8-10/h4-9,19H,1-3H3. The van der Waals surface area contributed by atoms with E-state index in [0.29, 0.717) is 16.9 Å². The van der Waals surface area contributed by atoms with Crippen LogP contribution in [0.4, 0.5) is 20.2 Å². The Kier molecular flexibility index (Phi) is 4.89. The molecular weight excluding hydrogens is 378 g/mol. The summed E-state index contributed by atoms with van der Waals surface area (Å²) in [4.78, 5) is 2.81. The van der Waals surface area contributed by atoms with E-state index in [9.17, 15) is 17.2 Å². The van der Waals surface area contributed by atoms with E-state index in [-0.39, 0.29) is 10.7 Å². The number of hydrogen-bond donors (Lipinski definition) is 1. The number of anilines is 2. The van der Waals surface area contributed by atoms with Crippen LogP contribution in [0.3, 0.4) is 0 Å². The van der Waals surface area contributed by atoms with E-state index in [1.165, 1.54) is 36.1 Å². The number of aryl methyl sites for hydroxylation is 1. The minimum atomic E-state index is -3.70. The number of nitrogens with one attached hydrogen (secondary N) is 1. The SMILES string of the molecule is CNS(=O)(=O)c1ccc(N(C)c2ccc(F)c(F)c2)c(-c2nnn(C)n2)c1. The third kappa shape index (κ3) is 3.64. The zero-order valence-corrected chi connectivity index (χ0v) is 15.5. The summed E-state index contributed by atoms with van der Waals surface area (Å²) in [5.41, 5.74) is 1.22. The lowest BCUT2D eigenvalue weighted by atomic mass is 10.1. The van der Waals surface area contributed by atoms with Gasteiger partial charge in [-0.1, -0.05) is 0 Å². The van der Waals surface area contributed by atoms with Gasteiger partial charge in [0.25, 0.3) is 0 Å². The van der Waals surface area contributed by atoms with E-state index in [2.05, 4.69) is 20.1 Å². The normalized spacial score (nSPS) is 11.6. The molecule has 0 amide bonds. The maximum Gasteiger partial charge on any atom is 0.240 e. The highest BCUT2D eigenvalue weighted by Crippen LogP contribution is 2.34. The number of halogens is 2. The third-order valence-corrected chi connectivity index (χ3v) is 5.36. The second-order valence-electron chi connectivity index (χ2n) is 5.65. The van der Waals surface area contributed by atoms with Crippen molar-refractivity contribution in [2.24, 2.45) is 7.05 Å². The van der Waals surface area contributed by atoms with Gasteiger partial charge in [-0.3, -0.25) is 0 Å². The van der Waals surface area contributed by atoms with E-state index in [0.717, 1.165) is 12.1 Å². The Morgan fingerprint density at radius 3 is 2.44 bits per heavy atom. The van der Waals surface area contributed by atoms with Crippen LogP contribution in [0, 0.1) is 11.6 Å². The van der Waals surface area contributed by atoms with Crippen molar-refractivity contribution >= 4 is 21.4 Å². The molecule has 8 nitrogen and oxygen atoms in total. The van der Waals surface area contributed by atoms with Crippen LogP contribution in [0.2, 0.25) is 0 Å². The number of hydrogen-bond acceptors (Lipinski definition) is 6. The fraction of sp³-hybridized carbons (Fsp3) is 0.188. The molecule has 27 heavy (non-hydrogen) atoms. The molecule has 3 rings (SSSR count). The summed E-state index contributed by atoms with van der Waals surface area (Å²) >= 11 is 0. The van der Waals surface area contributed by atoms with Gasteiger partial charge in [0, 0.05) is 24.4 Å². The van der Waals surface area contributed by atoms with Crippen molar-refractivity contribution in [1.82, 2.24) is 24.9 Å². The molecule has 1 N–H and O–H groups in total. The Hall–Kier alpha value is -2.92. The summed E-state index contributed by atoms with van der Waals surface area (Å²) in [6, 6.07) is 7.80. The zero-order valence-electron chi connectivity index (χ0n) is 14.7. The number of tetrazole rings is 1. The third-order valence-electron chi connectivity index (χ3n) is 3.95. The topological polar surface area (TPSA) is 93.0 Å². The lowest BCUT2D eigenvalue weighted by Gasteiger charge is -2.22. The predicted molar refractivity (Wildman–Crippen MR) is 94.9 cm³/mol. The summed E-state index contributed by atoms with van der Waals surface area (Å²) in [7, 11) is 0.806. The van der Waals surface area contributed by atoms with Gasteiger partial charge in [0.15, 0.2) is 11.6 Å². The number of nitrogens with zero attached hydrogens (tertiary/aromatic N) is 5. The van der Waals surface area contributed by atoms with Gasteiger partial charge in [0.1, 0.15) is 0 Å². The lowest BCUT2D eigenvalue weighted by molar-refractivity contribution is 0.509. The van der Waals surface area contributed by atoms with Crippen molar-refractivity contribution in [3.05, 3.63) is 48.0 Å². The minimum absolute atomic E-state index is 0.00916. The first-order valence-corrected chi connectivity index (χ1v) is 9.22. The smallest absolute Gasteiger partial charge is 0.240 e. The maximum absolute atomic E-state index is 13.6. The quantitative estimate of drug-likeness (QED) is 0.710. The van der Waals surface area contributed by atoms with E-state index < -0.39 is 21.7 Å². The molecule has 0 fully saturated rings. The molecule has 3 aromatic rings. The average molecular weight is 394 g/mol. The largest absolute Gasteiger partial charge is 0.344 e. The van der Waals surface area contributed by atoms with Crippen LogP contribution in [-0.2, 0) is 17.1 Å². The monoisotopic (exact) mass is 394 g/mol. The number of benzene rings is 2. The summed E-state index contributed by atoms with van der Waals surface area (Å²) in [5, 5.41) is 11.8. The highest BCUT2D eigenvalue weighted by molar-refractivity contribution is 7.89. The Morgan fingerprint density at radius 2 is 1.85 bits per heavy atom. The number of sulfonamides is 1.